The summed E-state index contributed by atoms with van der Waals surface area (Å²) >= 11 is 13.5. The predicted molar refractivity (Wildman–Crippen MR) is 113 cm³/mol. The van der Waals surface area contributed by atoms with Gasteiger partial charge in [-0.2, -0.15) is 5.10 Å². The lowest BCUT2D eigenvalue weighted by atomic mass is 10.1. The number of fused-ring (bicyclic) bond motifs is 1. The molecule has 11 heteroatoms. The molecule has 8 nitrogen and oxygen atoms in total. The number of amides is 1. The van der Waals surface area contributed by atoms with Crippen molar-refractivity contribution in [1.82, 2.24) is 24.3 Å². The summed E-state index contributed by atoms with van der Waals surface area (Å²) in [6.07, 6.45) is 4.99. The van der Waals surface area contributed by atoms with Crippen LogP contribution in [0.2, 0.25) is 10.0 Å². The Morgan fingerprint density at radius 1 is 1.24 bits per heavy atom. The van der Waals surface area contributed by atoms with Gasteiger partial charge in [0.25, 0.3) is 5.56 Å². The molecule has 29 heavy (non-hydrogen) atoms. The third-order valence-corrected chi connectivity index (χ3v) is 5.72. The molecule has 0 saturated heterocycles. The molecule has 0 atom stereocenters. The Hall–Kier alpha value is -2.75. The van der Waals surface area contributed by atoms with Crippen molar-refractivity contribution in [2.75, 3.05) is 5.32 Å². The third-order valence-electron chi connectivity index (χ3n) is 4.20. The Morgan fingerprint density at radius 2 is 2.07 bits per heavy atom. The van der Waals surface area contributed by atoms with Gasteiger partial charge in [0.2, 0.25) is 5.91 Å². The van der Waals surface area contributed by atoms with Crippen molar-refractivity contribution in [1.29, 1.82) is 0 Å². The number of hydrogen-bond donors (Lipinski definition) is 1. The molecule has 0 aliphatic heterocycles. The number of rotatable bonds is 5. The van der Waals surface area contributed by atoms with Crippen molar-refractivity contribution in [3.8, 4) is 0 Å². The van der Waals surface area contributed by atoms with Crippen molar-refractivity contribution in [3.05, 3.63) is 67.8 Å². The highest BCUT2D eigenvalue weighted by atomic mass is 35.5. The van der Waals surface area contributed by atoms with Crippen LogP contribution in [0.4, 0.5) is 5.13 Å². The van der Waals surface area contributed by atoms with Crippen molar-refractivity contribution in [2.45, 2.75) is 13.0 Å². The molecule has 3 heterocycles. The Kier molecular flexibility index (Phi) is 5.35. The van der Waals surface area contributed by atoms with E-state index in [1.54, 1.807) is 31.4 Å². The first-order valence-electron chi connectivity index (χ1n) is 8.46. The molecule has 0 fully saturated rings. The molecule has 0 spiro atoms. The summed E-state index contributed by atoms with van der Waals surface area (Å²) in [5, 5.41) is 8.73. The molecule has 0 radical (unpaired) electrons. The van der Waals surface area contributed by atoms with Crippen LogP contribution < -0.4 is 10.9 Å². The first-order chi connectivity index (χ1) is 13.9. The van der Waals surface area contributed by atoms with E-state index >= 15 is 0 Å². The number of nitrogens with one attached hydrogen (secondary N) is 1. The number of nitrogens with zero attached hydrogens (tertiary/aromatic N) is 5. The lowest BCUT2D eigenvalue weighted by Crippen LogP contribution is -2.27. The standard InChI is InChI=1S/C18H14Cl2N6O2S/c1-25-16-13(7-23-25)17(28)26(9-22-16)8-15(27)24-18-21-6-12(29-18)5-10-4-11(19)2-3-14(10)20/h2-4,6-7,9H,5,8H2,1H3,(H,21,24,27). The molecule has 0 bridgehead atoms. The van der Waals surface area contributed by atoms with Crippen LogP contribution in [0.25, 0.3) is 11.0 Å². The second-order valence-corrected chi connectivity index (χ2v) is 8.23. The van der Waals surface area contributed by atoms with Gasteiger partial charge in [-0.25, -0.2) is 9.97 Å². The van der Waals surface area contributed by atoms with Crippen LogP contribution in [-0.4, -0.2) is 30.2 Å². The molecule has 4 aromatic rings. The number of anilines is 1. The van der Waals surface area contributed by atoms with Gasteiger partial charge in [0.15, 0.2) is 10.8 Å². The first-order valence-corrected chi connectivity index (χ1v) is 10.0. The zero-order valence-electron chi connectivity index (χ0n) is 15.1. The Balaban J connectivity index is 1.45. The minimum Gasteiger partial charge on any atom is -0.300 e. The van der Waals surface area contributed by atoms with Crippen molar-refractivity contribution < 1.29 is 4.79 Å². The van der Waals surface area contributed by atoms with Crippen LogP contribution in [0.1, 0.15) is 10.4 Å². The monoisotopic (exact) mass is 448 g/mol. The van der Waals surface area contributed by atoms with Crippen LogP contribution in [-0.2, 0) is 24.8 Å². The van der Waals surface area contributed by atoms with E-state index in [4.69, 9.17) is 23.2 Å². The zero-order valence-corrected chi connectivity index (χ0v) is 17.4. The summed E-state index contributed by atoms with van der Waals surface area (Å²) in [4.78, 5) is 34.1. The highest BCUT2D eigenvalue weighted by Crippen LogP contribution is 2.27. The Morgan fingerprint density at radius 3 is 2.90 bits per heavy atom. The van der Waals surface area contributed by atoms with Gasteiger partial charge in [0.05, 0.1) is 6.20 Å². The average Bonchev–Trinajstić information content (AvgIpc) is 3.27. The topological polar surface area (TPSA) is 94.7 Å². The van der Waals surface area contributed by atoms with Crippen LogP contribution in [0.15, 0.2) is 41.7 Å². The lowest BCUT2D eigenvalue weighted by molar-refractivity contribution is -0.116. The molecule has 0 saturated carbocycles. The van der Waals surface area contributed by atoms with Gasteiger partial charge in [-0.1, -0.05) is 23.2 Å². The number of carbonyl (C=O) groups excluding carboxylic acids is 1. The Bertz CT molecular complexity index is 1280. The fraction of sp³-hybridized carbons (Fsp3) is 0.167. The van der Waals surface area contributed by atoms with Gasteiger partial charge in [-0.15, -0.1) is 11.3 Å². The van der Waals surface area contributed by atoms with E-state index in [-0.39, 0.29) is 18.0 Å². The largest absolute Gasteiger partial charge is 0.300 e. The van der Waals surface area contributed by atoms with E-state index in [0.717, 1.165) is 10.4 Å². The molecular formula is C18H14Cl2N6O2S. The van der Waals surface area contributed by atoms with Crippen LogP contribution in [0.5, 0.6) is 0 Å². The number of aryl methyl sites for hydroxylation is 1. The smallest absolute Gasteiger partial charge is 0.264 e. The van der Waals surface area contributed by atoms with Crippen LogP contribution >= 0.6 is 34.5 Å². The molecule has 1 aromatic carbocycles. The Labute approximate surface area is 178 Å². The summed E-state index contributed by atoms with van der Waals surface area (Å²) in [6, 6.07) is 5.27. The van der Waals surface area contributed by atoms with E-state index in [1.165, 1.54) is 33.1 Å². The fourth-order valence-corrected chi connectivity index (χ4v) is 4.04. The highest BCUT2D eigenvalue weighted by molar-refractivity contribution is 7.15. The molecule has 3 aromatic heterocycles. The van der Waals surface area contributed by atoms with E-state index in [0.29, 0.717) is 32.6 Å². The summed E-state index contributed by atoms with van der Waals surface area (Å²) in [7, 11) is 1.70. The summed E-state index contributed by atoms with van der Waals surface area (Å²) in [5.74, 6) is -0.376. The maximum absolute atomic E-state index is 12.4. The molecule has 1 N–H and O–H groups in total. The quantitative estimate of drug-likeness (QED) is 0.505. The second kappa shape index (κ2) is 7.94. The first kappa shape index (κ1) is 19.6. The van der Waals surface area contributed by atoms with Crippen molar-refractivity contribution in [2.24, 2.45) is 7.05 Å². The van der Waals surface area contributed by atoms with Crippen molar-refractivity contribution >= 4 is 56.6 Å². The second-order valence-electron chi connectivity index (χ2n) is 6.28. The van der Waals surface area contributed by atoms with Crippen molar-refractivity contribution in [3.63, 3.8) is 0 Å². The van der Waals surface area contributed by atoms with Gasteiger partial charge in [0, 0.05) is 34.6 Å². The van der Waals surface area contributed by atoms with E-state index in [9.17, 15) is 9.59 Å². The summed E-state index contributed by atoms with van der Waals surface area (Å²) < 4.78 is 2.74. The molecule has 0 unspecified atom stereocenters. The molecule has 1 amide bonds. The third kappa shape index (κ3) is 4.16. The minimum absolute atomic E-state index is 0.175. The van der Waals surface area contributed by atoms with Gasteiger partial charge in [-0.3, -0.25) is 18.8 Å². The summed E-state index contributed by atoms with van der Waals surface area (Å²) in [5.41, 5.74) is 1.02. The number of thiazole rings is 1. The molecule has 148 valence electrons. The molecule has 0 aliphatic carbocycles. The van der Waals surface area contributed by atoms with E-state index in [2.05, 4.69) is 20.4 Å². The van der Waals surface area contributed by atoms with Crippen LogP contribution in [0.3, 0.4) is 0 Å². The number of halogens is 2. The lowest BCUT2D eigenvalue weighted by Gasteiger charge is -2.05. The van der Waals surface area contributed by atoms with Gasteiger partial charge >= 0.3 is 0 Å². The van der Waals surface area contributed by atoms with Gasteiger partial charge in [-0.05, 0) is 23.8 Å². The fourth-order valence-electron chi connectivity index (χ4n) is 2.81. The van der Waals surface area contributed by atoms with E-state index < -0.39 is 0 Å². The maximum atomic E-state index is 12.4. The maximum Gasteiger partial charge on any atom is 0.264 e. The number of carbonyl (C=O) groups is 1. The van der Waals surface area contributed by atoms with E-state index in [1.807, 2.05) is 0 Å². The summed E-state index contributed by atoms with van der Waals surface area (Å²) in [6.45, 7) is -0.175. The van der Waals surface area contributed by atoms with Gasteiger partial charge < -0.3 is 5.32 Å². The number of hydrogen-bond acceptors (Lipinski definition) is 6. The predicted octanol–water partition coefficient (Wildman–Crippen LogP) is 3.12. The molecular weight excluding hydrogens is 435 g/mol. The highest BCUT2D eigenvalue weighted by Gasteiger charge is 2.13. The minimum atomic E-state index is -0.376. The zero-order chi connectivity index (χ0) is 20.5. The number of aromatic nitrogens is 5. The SMILES string of the molecule is Cn1ncc2c(=O)n(CC(=O)Nc3ncc(Cc4cc(Cl)ccc4Cl)s3)cnc21. The average molecular weight is 449 g/mol. The number of benzene rings is 1. The molecule has 0 aliphatic rings. The van der Waals surface area contributed by atoms with Crippen LogP contribution in [0, 0.1) is 0 Å². The normalized spacial score (nSPS) is 11.1. The van der Waals surface area contributed by atoms with Gasteiger partial charge in [0.1, 0.15) is 18.3 Å². The molecule has 4 rings (SSSR count).